The van der Waals surface area contributed by atoms with E-state index in [-0.39, 0.29) is 11.7 Å². The lowest BCUT2D eigenvalue weighted by Crippen LogP contribution is -2.48. The van der Waals surface area contributed by atoms with E-state index >= 15 is 0 Å². The smallest absolute Gasteiger partial charge is 0.225 e. The Hall–Kier alpha value is -2.05. The van der Waals surface area contributed by atoms with Crippen molar-refractivity contribution in [3.8, 4) is 0 Å². The molecule has 0 N–H and O–H groups in total. The SMILES string of the molecule is c1cnc(N2CCCC3(CC(OCc4cccnc4)CO3)C2)nc1. The van der Waals surface area contributed by atoms with Crippen LogP contribution in [0.25, 0.3) is 0 Å². The number of rotatable bonds is 4. The molecule has 6 nitrogen and oxygen atoms in total. The van der Waals surface area contributed by atoms with E-state index in [2.05, 4.69) is 19.9 Å². The fraction of sp³-hybridized carbons (Fsp3) is 0.500. The van der Waals surface area contributed by atoms with Crippen LogP contribution < -0.4 is 4.90 Å². The zero-order valence-corrected chi connectivity index (χ0v) is 13.7. The quantitative estimate of drug-likeness (QED) is 0.858. The molecule has 0 aromatic carbocycles. The summed E-state index contributed by atoms with van der Waals surface area (Å²) in [6.45, 7) is 3.06. The predicted molar refractivity (Wildman–Crippen MR) is 89.6 cm³/mol. The van der Waals surface area contributed by atoms with Crippen molar-refractivity contribution in [2.75, 3.05) is 24.6 Å². The highest BCUT2D eigenvalue weighted by molar-refractivity contribution is 5.31. The minimum Gasteiger partial charge on any atom is -0.371 e. The lowest BCUT2D eigenvalue weighted by atomic mass is 9.89. The second kappa shape index (κ2) is 6.83. The van der Waals surface area contributed by atoms with Crippen molar-refractivity contribution in [1.82, 2.24) is 15.0 Å². The molecule has 2 aromatic heterocycles. The molecule has 1 spiro atoms. The maximum atomic E-state index is 6.20. The van der Waals surface area contributed by atoms with E-state index in [0.717, 1.165) is 43.9 Å². The molecule has 0 amide bonds. The van der Waals surface area contributed by atoms with Crippen LogP contribution in [0.2, 0.25) is 0 Å². The van der Waals surface area contributed by atoms with Crippen LogP contribution in [0.5, 0.6) is 0 Å². The Morgan fingerprint density at radius 1 is 1.25 bits per heavy atom. The molecule has 2 unspecified atom stereocenters. The van der Waals surface area contributed by atoms with Crippen molar-refractivity contribution in [2.45, 2.75) is 37.6 Å². The summed E-state index contributed by atoms with van der Waals surface area (Å²) in [6, 6.07) is 5.81. The van der Waals surface area contributed by atoms with Gasteiger partial charge in [-0.15, -0.1) is 0 Å². The number of nitrogens with zero attached hydrogens (tertiary/aromatic N) is 4. The van der Waals surface area contributed by atoms with E-state index in [1.165, 1.54) is 0 Å². The Morgan fingerprint density at radius 3 is 3.00 bits per heavy atom. The van der Waals surface area contributed by atoms with Gasteiger partial charge in [-0.1, -0.05) is 6.07 Å². The molecule has 0 bridgehead atoms. The first-order chi connectivity index (χ1) is 11.8. The van der Waals surface area contributed by atoms with Gasteiger partial charge < -0.3 is 14.4 Å². The molecule has 24 heavy (non-hydrogen) atoms. The number of aromatic nitrogens is 3. The number of hydrogen-bond donors (Lipinski definition) is 0. The van der Waals surface area contributed by atoms with E-state index in [4.69, 9.17) is 9.47 Å². The molecular weight excluding hydrogens is 304 g/mol. The van der Waals surface area contributed by atoms with Gasteiger partial charge in [0, 0.05) is 44.3 Å². The lowest BCUT2D eigenvalue weighted by Gasteiger charge is -2.39. The summed E-state index contributed by atoms with van der Waals surface area (Å²) < 4.78 is 12.2. The van der Waals surface area contributed by atoms with Crippen molar-refractivity contribution in [1.29, 1.82) is 0 Å². The fourth-order valence-corrected chi connectivity index (χ4v) is 3.61. The molecule has 2 aliphatic rings. The third-order valence-electron chi connectivity index (χ3n) is 4.76. The van der Waals surface area contributed by atoms with E-state index in [1.807, 2.05) is 24.4 Å². The van der Waals surface area contributed by atoms with Crippen molar-refractivity contribution in [3.05, 3.63) is 48.5 Å². The molecule has 4 rings (SSSR count). The summed E-state index contributed by atoms with van der Waals surface area (Å²) in [5.74, 6) is 0.792. The third-order valence-corrected chi connectivity index (χ3v) is 4.76. The van der Waals surface area contributed by atoms with E-state index in [0.29, 0.717) is 13.2 Å². The van der Waals surface area contributed by atoms with Gasteiger partial charge in [0.15, 0.2) is 0 Å². The summed E-state index contributed by atoms with van der Waals surface area (Å²) >= 11 is 0. The molecule has 2 atom stereocenters. The number of ether oxygens (including phenoxy) is 2. The summed E-state index contributed by atoms with van der Waals surface area (Å²) in [5.41, 5.74) is 0.971. The van der Waals surface area contributed by atoms with Gasteiger partial charge in [0.25, 0.3) is 0 Å². The van der Waals surface area contributed by atoms with Crippen LogP contribution in [0.4, 0.5) is 5.95 Å². The molecule has 6 heteroatoms. The maximum absolute atomic E-state index is 6.20. The molecule has 0 radical (unpaired) electrons. The van der Waals surface area contributed by atoms with Crippen molar-refractivity contribution < 1.29 is 9.47 Å². The van der Waals surface area contributed by atoms with Crippen molar-refractivity contribution >= 4 is 5.95 Å². The van der Waals surface area contributed by atoms with E-state index < -0.39 is 0 Å². The Balaban J connectivity index is 1.36. The summed E-state index contributed by atoms with van der Waals surface area (Å²) in [5, 5.41) is 0. The molecule has 4 heterocycles. The molecule has 2 saturated heterocycles. The van der Waals surface area contributed by atoms with Crippen molar-refractivity contribution in [3.63, 3.8) is 0 Å². The Kier molecular flexibility index (Phi) is 4.40. The molecule has 0 aliphatic carbocycles. The highest BCUT2D eigenvalue weighted by atomic mass is 16.6. The van der Waals surface area contributed by atoms with Crippen LogP contribution in [-0.2, 0) is 16.1 Å². The van der Waals surface area contributed by atoms with Gasteiger partial charge in [-0.25, -0.2) is 9.97 Å². The van der Waals surface area contributed by atoms with Gasteiger partial charge in [0.2, 0.25) is 5.95 Å². The lowest BCUT2D eigenvalue weighted by molar-refractivity contribution is -0.0138. The van der Waals surface area contributed by atoms with Gasteiger partial charge in [-0.2, -0.15) is 0 Å². The van der Waals surface area contributed by atoms with Gasteiger partial charge >= 0.3 is 0 Å². The Bertz CT molecular complexity index is 655. The topological polar surface area (TPSA) is 60.4 Å². The normalized spacial score (nSPS) is 26.8. The van der Waals surface area contributed by atoms with Crippen LogP contribution >= 0.6 is 0 Å². The van der Waals surface area contributed by atoms with Gasteiger partial charge in [0.1, 0.15) is 0 Å². The molecule has 2 aromatic rings. The molecular formula is C18H22N4O2. The first-order valence-electron chi connectivity index (χ1n) is 8.49. The Labute approximate surface area is 141 Å². The Morgan fingerprint density at radius 2 is 2.17 bits per heavy atom. The zero-order valence-electron chi connectivity index (χ0n) is 13.7. The number of piperidine rings is 1. The largest absolute Gasteiger partial charge is 0.371 e. The van der Waals surface area contributed by atoms with Crippen molar-refractivity contribution in [2.24, 2.45) is 0 Å². The molecule has 0 saturated carbocycles. The first-order valence-corrected chi connectivity index (χ1v) is 8.49. The van der Waals surface area contributed by atoms with Crippen LogP contribution in [0, 0.1) is 0 Å². The second-order valence-corrected chi connectivity index (χ2v) is 6.57. The number of pyridine rings is 1. The highest BCUT2D eigenvalue weighted by Crippen LogP contribution is 2.36. The molecule has 2 aliphatic heterocycles. The average molecular weight is 326 g/mol. The number of hydrogen-bond acceptors (Lipinski definition) is 6. The third kappa shape index (κ3) is 3.39. The summed E-state index contributed by atoms with van der Waals surface area (Å²) in [7, 11) is 0. The second-order valence-electron chi connectivity index (χ2n) is 6.57. The highest BCUT2D eigenvalue weighted by Gasteiger charge is 2.44. The zero-order chi connectivity index (χ0) is 16.2. The van der Waals surface area contributed by atoms with Gasteiger partial charge in [-0.05, 0) is 30.5 Å². The van der Waals surface area contributed by atoms with Crippen LogP contribution in [-0.4, -0.2) is 46.4 Å². The summed E-state index contributed by atoms with van der Waals surface area (Å²) in [6.07, 6.45) is 10.4. The molecule has 2 fully saturated rings. The first kappa shape index (κ1) is 15.5. The number of anilines is 1. The van der Waals surface area contributed by atoms with Gasteiger partial charge in [0.05, 0.1) is 24.9 Å². The van der Waals surface area contributed by atoms with Crippen LogP contribution in [0.3, 0.4) is 0 Å². The fourth-order valence-electron chi connectivity index (χ4n) is 3.61. The monoisotopic (exact) mass is 326 g/mol. The predicted octanol–water partition coefficient (Wildman–Crippen LogP) is 2.22. The van der Waals surface area contributed by atoms with E-state index in [9.17, 15) is 0 Å². The van der Waals surface area contributed by atoms with Crippen LogP contribution in [0.1, 0.15) is 24.8 Å². The minimum atomic E-state index is -0.128. The van der Waals surface area contributed by atoms with Gasteiger partial charge in [-0.3, -0.25) is 4.98 Å². The summed E-state index contributed by atoms with van der Waals surface area (Å²) in [4.78, 5) is 15.1. The standard InChI is InChI=1S/C18H22N4O2/c1-4-15(11-19-6-1)12-23-16-10-18(24-13-16)5-2-9-22(14-18)17-20-7-3-8-21-17/h1,3-4,6-8,11,16H,2,5,9-10,12-14H2. The average Bonchev–Trinajstić information content (AvgIpc) is 3.04. The van der Waals surface area contributed by atoms with Crippen LogP contribution in [0.15, 0.2) is 43.0 Å². The molecule has 126 valence electrons. The maximum Gasteiger partial charge on any atom is 0.225 e. The van der Waals surface area contributed by atoms with E-state index in [1.54, 1.807) is 18.6 Å². The minimum absolute atomic E-state index is 0.128.